The van der Waals surface area contributed by atoms with Crippen molar-refractivity contribution in [3.8, 4) is 0 Å². The van der Waals surface area contributed by atoms with E-state index in [0.29, 0.717) is 24.8 Å². The number of nitrogens with zero attached hydrogens (tertiary/aromatic N) is 3. The SMILES string of the molecule is CCNC(=NCc1nc(C(C)C)cs1)NCCCN1CCCC1=O. The third-order valence-corrected chi connectivity index (χ3v) is 4.80. The van der Waals surface area contributed by atoms with Crippen molar-refractivity contribution in [1.82, 2.24) is 20.5 Å². The number of guanidine groups is 1. The van der Waals surface area contributed by atoms with Crippen LogP contribution in [0.15, 0.2) is 10.4 Å². The zero-order valence-electron chi connectivity index (χ0n) is 15.0. The van der Waals surface area contributed by atoms with Crippen molar-refractivity contribution in [3.63, 3.8) is 0 Å². The van der Waals surface area contributed by atoms with E-state index in [1.807, 2.05) is 4.90 Å². The summed E-state index contributed by atoms with van der Waals surface area (Å²) < 4.78 is 0. The van der Waals surface area contributed by atoms with Gasteiger partial charge in [-0.15, -0.1) is 11.3 Å². The van der Waals surface area contributed by atoms with Crippen molar-refractivity contribution < 1.29 is 4.79 Å². The first kappa shape index (κ1) is 18.7. The predicted molar refractivity (Wildman–Crippen MR) is 99.5 cm³/mol. The largest absolute Gasteiger partial charge is 0.357 e. The number of hydrogen-bond acceptors (Lipinski definition) is 4. The molecule has 1 fully saturated rings. The van der Waals surface area contributed by atoms with Crippen LogP contribution in [-0.2, 0) is 11.3 Å². The van der Waals surface area contributed by atoms with Crippen molar-refractivity contribution in [1.29, 1.82) is 0 Å². The van der Waals surface area contributed by atoms with E-state index in [0.717, 1.165) is 55.7 Å². The molecule has 0 aromatic carbocycles. The molecule has 1 aliphatic rings. The summed E-state index contributed by atoms with van der Waals surface area (Å²) in [5, 5.41) is 9.75. The number of carbonyl (C=O) groups excluding carboxylic acids is 1. The summed E-state index contributed by atoms with van der Waals surface area (Å²) in [7, 11) is 0. The number of likely N-dealkylation sites (tertiary alicyclic amines) is 1. The lowest BCUT2D eigenvalue weighted by Gasteiger charge is -2.16. The van der Waals surface area contributed by atoms with Crippen LogP contribution in [0.5, 0.6) is 0 Å². The van der Waals surface area contributed by atoms with Crippen molar-refractivity contribution >= 4 is 23.2 Å². The van der Waals surface area contributed by atoms with Gasteiger partial charge in [0.15, 0.2) is 5.96 Å². The number of aromatic nitrogens is 1. The number of nitrogens with one attached hydrogen (secondary N) is 2. The molecule has 1 aliphatic heterocycles. The number of thiazole rings is 1. The number of aliphatic imine (C=N–C) groups is 1. The maximum atomic E-state index is 11.6. The lowest BCUT2D eigenvalue weighted by molar-refractivity contribution is -0.127. The van der Waals surface area contributed by atoms with Gasteiger partial charge in [-0.2, -0.15) is 0 Å². The van der Waals surface area contributed by atoms with Crippen LogP contribution in [-0.4, -0.2) is 47.9 Å². The smallest absolute Gasteiger partial charge is 0.222 e. The summed E-state index contributed by atoms with van der Waals surface area (Å²) in [5.41, 5.74) is 1.14. The van der Waals surface area contributed by atoms with Gasteiger partial charge in [0.2, 0.25) is 5.91 Å². The van der Waals surface area contributed by atoms with Crippen LogP contribution in [0, 0.1) is 0 Å². The zero-order valence-corrected chi connectivity index (χ0v) is 15.8. The quantitative estimate of drug-likeness (QED) is 0.428. The summed E-state index contributed by atoms with van der Waals surface area (Å²) in [4.78, 5) is 22.7. The lowest BCUT2D eigenvalue weighted by atomic mass is 10.2. The van der Waals surface area contributed by atoms with E-state index >= 15 is 0 Å². The Balaban J connectivity index is 1.76. The van der Waals surface area contributed by atoms with E-state index in [9.17, 15) is 4.79 Å². The summed E-state index contributed by atoms with van der Waals surface area (Å²) in [6.07, 6.45) is 2.65. The predicted octanol–water partition coefficient (Wildman–Crippen LogP) is 2.33. The zero-order chi connectivity index (χ0) is 17.4. The summed E-state index contributed by atoms with van der Waals surface area (Å²) >= 11 is 1.67. The molecule has 0 aliphatic carbocycles. The standard InChI is InChI=1S/C17H29N5OS/c1-4-18-17(19-8-6-10-22-9-5-7-16(22)23)20-11-15-21-14(12-24-15)13(2)3/h12-13H,4-11H2,1-3H3,(H2,18,19,20). The minimum atomic E-state index is 0.292. The van der Waals surface area contributed by atoms with Crippen LogP contribution in [0.2, 0.25) is 0 Å². The molecule has 1 aromatic rings. The number of hydrogen-bond donors (Lipinski definition) is 2. The third-order valence-electron chi connectivity index (χ3n) is 3.95. The maximum absolute atomic E-state index is 11.6. The molecule has 2 heterocycles. The highest BCUT2D eigenvalue weighted by molar-refractivity contribution is 7.09. The molecule has 0 spiro atoms. The van der Waals surface area contributed by atoms with E-state index in [2.05, 4.69) is 46.8 Å². The van der Waals surface area contributed by atoms with Gasteiger partial charge < -0.3 is 15.5 Å². The Labute approximate surface area is 148 Å². The molecule has 134 valence electrons. The highest BCUT2D eigenvalue weighted by Crippen LogP contribution is 2.18. The maximum Gasteiger partial charge on any atom is 0.222 e. The van der Waals surface area contributed by atoms with Gasteiger partial charge in [-0.05, 0) is 25.7 Å². The van der Waals surface area contributed by atoms with Gasteiger partial charge in [0.25, 0.3) is 0 Å². The van der Waals surface area contributed by atoms with Gasteiger partial charge in [-0.25, -0.2) is 9.98 Å². The van der Waals surface area contributed by atoms with Crippen LogP contribution >= 0.6 is 11.3 Å². The molecule has 0 unspecified atom stereocenters. The van der Waals surface area contributed by atoms with Gasteiger partial charge in [-0.1, -0.05) is 13.8 Å². The number of rotatable bonds is 8. The van der Waals surface area contributed by atoms with Crippen molar-refractivity contribution in [2.45, 2.75) is 52.5 Å². The third kappa shape index (κ3) is 5.78. The molecule has 7 heteroatoms. The van der Waals surface area contributed by atoms with Gasteiger partial charge in [0, 0.05) is 38.0 Å². The average Bonchev–Trinajstić information content (AvgIpc) is 3.18. The highest BCUT2D eigenvalue weighted by Gasteiger charge is 2.18. The van der Waals surface area contributed by atoms with E-state index in [1.165, 1.54) is 0 Å². The Morgan fingerprint density at radius 2 is 2.29 bits per heavy atom. The Morgan fingerprint density at radius 3 is 2.92 bits per heavy atom. The number of amides is 1. The normalized spacial score (nSPS) is 15.4. The molecule has 0 atom stereocenters. The fourth-order valence-electron chi connectivity index (χ4n) is 2.57. The molecule has 2 N–H and O–H groups in total. The molecule has 1 amide bonds. The Morgan fingerprint density at radius 1 is 1.46 bits per heavy atom. The molecule has 6 nitrogen and oxygen atoms in total. The first-order valence-electron chi connectivity index (χ1n) is 8.84. The van der Waals surface area contributed by atoms with Gasteiger partial charge in [0.1, 0.15) is 5.01 Å². The van der Waals surface area contributed by atoms with E-state index in [4.69, 9.17) is 0 Å². The fraction of sp³-hybridized carbons (Fsp3) is 0.706. The molecule has 1 saturated heterocycles. The van der Waals surface area contributed by atoms with Crippen molar-refractivity contribution in [3.05, 3.63) is 16.1 Å². The first-order valence-corrected chi connectivity index (χ1v) is 9.72. The van der Waals surface area contributed by atoms with E-state index in [1.54, 1.807) is 11.3 Å². The molecule has 2 rings (SSSR count). The van der Waals surface area contributed by atoms with Crippen LogP contribution in [0.1, 0.15) is 56.7 Å². The Kier molecular flexibility index (Phi) is 7.49. The molecule has 0 bridgehead atoms. The second-order valence-electron chi connectivity index (χ2n) is 6.28. The Hall–Kier alpha value is -1.63. The van der Waals surface area contributed by atoms with E-state index in [-0.39, 0.29) is 0 Å². The molecule has 24 heavy (non-hydrogen) atoms. The Bertz CT molecular complexity index is 555. The summed E-state index contributed by atoms with van der Waals surface area (Å²) in [6, 6.07) is 0. The van der Waals surface area contributed by atoms with Gasteiger partial charge in [0.05, 0.1) is 12.2 Å². The minimum Gasteiger partial charge on any atom is -0.357 e. The molecule has 0 radical (unpaired) electrons. The molecular formula is C17H29N5OS. The second-order valence-corrected chi connectivity index (χ2v) is 7.22. The highest BCUT2D eigenvalue weighted by atomic mass is 32.1. The molecular weight excluding hydrogens is 322 g/mol. The fourth-order valence-corrected chi connectivity index (χ4v) is 3.45. The topological polar surface area (TPSA) is 69.6 Å². The van der Waals surface area contributed by atoms with Crippen molar-refractivity contribution in [2.75, 3.05) is 26.2 Å². The van der Waals surface area contributed by atoms with Crippen molar-refractivity contribution in [2.24, 2.45) is 4.99 Å². The van der Waals surface area contributed by atoms with E-state index < -0.39 is 0 Å². The molecule has 0 saturated carbocycles. The first-order chi connectivity index (χ1) is 11.6. The van der Waals surface area contributed by atoms with Crippen LogP contribution in [0.3, 0.4) is 0 Å². The van der Waals surface area contributed by atoms with Crippen LogP contribution < -0.4 is 10.6 Å². The summed E-state index contributed by atoms with van der Waals surface area (Å²) in [6.45, 7) is 10.3. The molecule has 1 aromatic heterocycles. The monoisotopic (exact) mass is 351 g/mol. The summed E-state index contributed by atoms with van der Waals surface area (Å²) in [5.74, 6) is 1.56. The lowest BCUT2D eigenvalue weighted by Crippen LogP contribution is -2.39. The average molecular weight is 352 g/mol. The van der Waals surface area contributed by atoms with Gasteiger partial charge in [-0.3, -0.25) is 4.79 Å². The van der Waals surface area contributed by atoms with Crippen LogP contribution in [0.4, 0.5) is 0 Å². The van der Waals surface area contributed by atoms with Gasteiger partial charge >= 0.3 is 0 Å². The minimum absolute atomic E-state index is 0.292. The van der Waals surface area contributed by atoms with Crippen LogP contribution in [0.25, 0.3) is 0 Å². The number of carbonyl (C=O) groups is 1. The second kappa shape index (κ2) is 9.61.